The molecule has 0 unspecified atom stereocenters. The third-order valence-corrected chi connectivity index (χ3v) is 4.46. The smallest absolute Gasteiger partial charge is 0.254 e. The van der Waals surface area contributed by atoms with Crippen LogP contribution in [-0.4, -0.2) is 26.1 Å². The maximum atomic E-state index is 14.7. The molecule has 0 atom stereocenters. The van der Waals surface area contributed by atoms with Gasteiger partial charge in [-0.25, -0.2) is 14.4 Å². The first-order valence-corrected chi connectivity index (χ1v) is 9.13. The first-order valence-electron chi connectivity index (χ1n) is 9.13. The van der Waals surface area contributed by atoms with Gasteiger partial charge in [0.2, 0.25) is 0 Å². The quantitative estimate of drug-likeness (QED) is 0.533. The van der Waals surface area contributed by atoms with Crippen molar-refractivity contribution < 1.29 is 9.18 Å². The van der Waals surface area contributed by atoms with E-state index in [4.69, 9.17) is 5.73 Å². The second kappa shape index (κ2) is 8.44. The summed E-state index contributed by atoms with van der Waals surface area (Å²) in [5, 5.41) is 10.3. The van der Waals surface area contributed by atoms with Crippen molar-refractivity contribution in [1.82, 2.24) is 25.5 Å². The highest BCUT2D eigenvalue weighted by atomic mass is 19.1. The Morgan fingerprint density at radius 3 is 2.57 bits per heavy atom. The molecule has 7 nitrogen and oxygen atoms in total. The first kappa shape index (κ1) is 19.1. The van der Waals surface area contributed by atoms with E-state index < -0.39 is 11.7 Å². The number of carbonyl (C=O) groups excluding carboxylic acids is 1. The summed E-state index contributed by atoms with van der Waals surface area (Å²) in [5.74, 6) is -1.02. The van der Waals surface area contributed by atoms with E-state index in [-0.39, 0.29) is 11.4 Å². The Bertz CT molecular complexity index is 1180. The number of halogens is 1. The standard InChI is InChI=1S/C22H17FN6O/c23-18-10-15(6-7-17(18)22(30)26-11-14-4-2-1-3-5-14)20-21(24)25-13-19(29-20)16-8-9-27-28-12-16/h1-10,12-13H,11H2,(H2,24,25)(H,26,30). The number of nitrogen functional groups attached to an aromatic ring is 1. The van der Waals surface area contributed by atoms with Crippen LogP contribution in [0.2, 0.25) is 0 Å². The molecule has 0 aliphatic carbocycles. The molecule has 0 fully saturated rings. The lowest BCUT2D eigenvalue weighted by atomic mass is 10.1. The number of anilines is 1. The first-order chi connectivity index (χ1) is 14.6. The van der Waals surface area contributed by atoms with Crippen LogP contribution in [0, 0.1) is 5.82 Å². The highest BCUT2D eigenvalue weighted by molar-refractivity contribution is 5.95. The zero-order valence-corrected chi connectivity index (χ0v) is 15.8. The van der Waals surface area contributed by atoms with Gasteiger partial charge in [-0.05, 0) is 23.8 Å². The number of nitrogens with zero attached hydrogens (tertiary/aromatic N) is 4. The molecule has 1 amide bonds. The van der Waals surface area contributed by atoms with E-state index in [2.05, 4.69) is 25.5 Å². The Balaban J connectivity index is 1.58. The zero-order chi connectivity index (χ0) is 20.9. The van der Waals surface area contributed by atoms with Crippen LogP contribution < -0.4 is 11.1 Å². The highest BCUT2D eigenvalue weighted by Gasteiger charge is 2.15. The predicted molar refractivity (Wildman–Crippen MR) is 110 cm³/mol. The molecule has 0 saturated heterocycles. The minimum absolute atomic E-state index is 0.0595. The number of carbonyl (C=O) groups is 1. The van der Waals surface area contributed by atoms with Gasteiger partial charge in [0.1, 0.15) is 17.3 Å². The van der Waals surface area contributed by atoms with Crippen LogP contribution in [-0.2, 0) is 6.54 Å². The van der Waals surface area contributed by atoms with Crippen molar-refractivity contribution in [3.8, 4) is 22.5 Å². The number of benzene rings is 2. The minimum Gasteiger partial charge on any atom is -0.382 e. The van der Waals surface area contributed by atoms with E-state index >= 15 is 0 Å². The largest absolute Gasteiger partial charge is 0.382 e. The number of nitrogens with one attached hydrogen (secondary N) is 1. The fourth-order valence-electron chi connectivity index (χ4n) is 2.91. The molecular weight excluding hydrogens is 383 g/mol. The Hall–Kier alpha value is -4.20. The van der Waals surface area contributed by atoms with E-state index in [0.717, 1.165) is 5.56 Å². The molecule has 0 spiro atoms. The van der Waals surface area contributed by atoms with Gasteiger partial charge in [0, 0.05) is 17.7 Å². The number of nitrogens with two attached hydrogens (primary N) is 1. The fraction of sp³-hybridized carbons (Fsp3) is 0.0455. The SMILES string of the molecule is Nc1ncc(-c2ccnnc2)nc1-c1ccc(C(=O)NCc2ccccc2)c(F)c1. The lowest BCUT2D eigenvalue weighted by molar-refractivity contribution is 0.0947. The summed E-state index contributed by atoms with van der Waals surface area (Å²) in [7, 11) is 0. The molecule has 2 aromatic heterocycles. The normalized spacial score (nSPS) is 10.6. The summed E-state index contributed by atoms with van der Waals surface area (Å²) in [6.07, 6.45) is 4.60. The Morgan fingerprint density at radius 1 is 1.00 bits per heavy atom. The van der Waals surface area contributed by atoms with Crippen molar-refractivity contribution in [3.05, 3.63) is 90.1 Å². The van der Waals surface area contributed by atoms with Gasteiger partial charge in [-0.3, -0.25) is 4.79 Å². The summed E-state index contributed by atoms with van der Waals surface area (Å²) in [6.45, 7) is 0.307. The summed E-state index contributed by atoms with van der Waals surface area (Å²) in [4.78, 5) is 21.0. The average Bonchev–Trinajstić information content (AvgIpc) is 2.79. The number of aromatic nitrogens is 4. The molecule has 4 aromatic rings. The van der Waals surface area contributed by atoms with Crippen LogP contribution in [0.4, 0.5) is 10.2 Å². The van der Waals surface area contributed by atoms with Crippen molar-refractivity contribution in [3.63, 3.8) is 0 Å². The summed E-state index contributed by atoms with van der Waals surface area (Å²) in [5.41, 5.74) is 8.79. The second-order valence-electron chi connectivity index (χ2n) is 6.48. The van der Waals surface area contributed by atoms with Crippen molar-refractivity contribution in [2.24, 2.45) is 0 Å². The van der Waals surface area contributed by atoms with E-state index in [0.29, 0.717) is 29.1 Å². The van der Waals surface area contributed by atoms with E-state index in [9.17, 15) is 9.18 Å². The molecule has 2 heterocycles. The molecule has 0 saturated carbocycles. The number of hydrogen-bond donors (Lipinski definition) is 2. The van der Waals surface area contributed by atoms with E-state index in [1.165, 1.54) is 24.5 Å². The molecule has 148 valence electrons. The zero-order valence-electron chi connectivity index (χ0n) is 15.8. The maximum absolute atomic E-state index is 14.7. The molecule has 30 heavy (non-hydrogen) atoms. The lowest BCUT2D eigenvalue weighted by Crippen LogP contribution is -2.23. The van der Waals surface area contributed by atoms with Gasteiger partial charge in [-0.15, -0.1) is 0 Å². The van der Waals surface area contributed by atoms with Gasteiger partial charge in [0.05, 0.1) is 29.8 Å². The molecule has 0 radical (unpaired) electrons. The number of rotatable bonds is 5. The summed E-state index contributed by atoms with van der Waals surface area (Å²) >= 11 is 0. The fourth-order valence-corrected chi connectivity index (χ4v) is 2.91. The molecule has 0 aliphatic heterocycles. The van der Waals surface area contributed by atoms with Crippen LogP contribution in [0.5, 0.6) is 0 Å². The summed E-state index contributed by atoms with van der Waals surface area (Å²) < 4.78 is 14.7. The van der Waals surface area contributed by atoms with Gasteiger partial charge in [0.15, 0.2) is 0 Å². The molecule has 2 aromatic carbocycles. The Morgan fingerprint density at radius 2 is 1.83 bits per heavy atom. The van der Waals surface area contributed by atoms with Gasteiger partial charge in [-0.2, -0.15) is 10.2 Å². The van der Waals surface area contributed by atoms with Crippen molar-refractivity contribution >= 4 is 11.7 Å². The van der Waals surface area contributed by atoms with Gasteiger partial charge in [-0.1, -0.05) is 36.4 Å². The molecule has 8 heteroatoms. The van der Waals surface area contributed by atoms with Crippen LogP contribution in [0.15, 0.2) is 73.2 Å². The summed E-state index contributed by atoms with van der Waals surface area (Å²) in [6, 6.07) is 15.4. The topological polar surface area (TPSA) is 107 Å². The van der Waals surface area contributed by atoms with Crippen molar-refractivity contribution in [2.45, 2.75) is 6.54 Å². The Kier molecular flexibility index (Phi) is 5.38. The van der Waals surface area contributed by atoms with E-state index in [1.807, 2.05) is 30.3 Å². The minimum atomic E-state index is -0.671. The average molecular weight is 400 g/mol. The molecule has 4 rings (SSSR count). The number of amides is 1. The van der Waals surface area contributed by atoms with Crippen LogP contribution >= 0.6 is 0 Å². The van der Waals surface area contributed by atoms with Crippen molar-refractivity contribution in [2.75, 3.05) is 5.73 Å². The molecule has 3 N–H and O–H groups in total. The molecule has 0 bridgehead atoms. The third-order valence-electron chi connectivity index (χ3n) is 4.46. The monoisotopic (exact) mass is 400 g/mol. The Labute approximate surface area is 171 Å². The van der Waals surface area contributed by atoms with Gasteiger partial charge in [0.25, 0.3) is 5.91 Å². The molecule has 0 aliphatic rings. The maximum Gasteiger partial charge on any atom is 0.254 e. The van der Waals surface area contributed by atoms with Crippen LogP contribution in [0.3, 0.4) is 0 Å². The van der Waals surface area contributed by atoms with Crippen molar-refractivity contribution in [1.29, 1.82) is 0 Å². The predicted octanol–water partition coefficient (Wildman–Crippen LogP) is 3.25. The third kappa shape index (κ3) is 4.12. The highest BCUT2D eigenvalue weighted by Crippen LogP contribution is 2.27. The lowest BCUT2D eigenvalue weighted by Gasteiger charge is -2.10. The van der Waals surface area contributed by atoms with E-state index in [1.54, 1.807) is 18.3 Å². The van der Waals surface area contributed by atoms with Crippen LogP contribution in [0.1, 0.15) is 15.9 Å². The molecular formula is C22H17FN6O. The van der Waals surface area contributed by atoms with Crippen LogP contribution in [0.25, 0.3) is 22.5 Å². The van der Waals surface area contributed by atoms with Gasteiger partial charge < -0.3 is 11.1 Å². The second-order valence-corrected chi connectivity index (χ2v) is 6.48. The van der Waals surface area contributed by atoms with Gasteiger partial charge >= 0.3 is 0 Å². The number of hydrogen-bond acceptors (Lipinski definition) is 6.